The average molecular weight is 289 g/mol. The lowest BCUT2D eigenvalue weighted by Gasteiger charge is -2.35. The van der Waals surface area contributed by atoms with Crippen LogP contribution in [0, 0.1) is 18.8 Å². The highest BCUT2D eigenvalue weighted by Crippen LogP contribution is 2.24. The molecule has 1 N–H and O–H groups in total. The molecule has 4 nitrogen and oxygen atoms in total. The van der Waals surface area contributed by atoms with Crippen molar-refractivity contribution >= 4 is 11.9 Å². The van der Waals surface area contributed by atoms with Gasteiger partial charge in [0.2, 0.25) is 5.91 Å². The van der Waals surface area contributed by atoms with Gasteiger partial charge in [-0.05, 0) is 31.2 Å². The maximum absolute atomic E-state index is 12.3. The van der Waals surface area contributed by atoms with Crippen molar-refractivity contribution in [2.75, 3.05) is 13.1 Å². The molecule has 1 fully saturated rings. The minimum Gasteiger partial charge on any atom is -0.481 e. The smallest absolute Gasteiger partial charge is 0.306 e. The van der Waals surface area contributed by atoms with Crippen LogP contribution in [-0.4, -0.2) is 35.0 Å². The van der Waals surface area contributed by atoms with Crippen LogP contribution in [0.3, 0.4) is 0 Å². The predicted molar refractivity (Wildman–Crippen MR) is 81.0 cm³/mol. The van der Waals surface area contributed by atoms with Crippen LogP contribution in [0.5, 0.6) is 0 Å². The molecule has 114 valence electrons. The Morgan fingerprint density at radius 1 is 1.38 bits per heavy atom. The van der Waals surface area contributed by atoms with Crippen molar-refractivity contribution in [2.45, 2.75) is 33.1 Å². The van der Waals surface area contributed by atoms with Gasteiger partial charge in [-0.25, -0.2) is 0 Å². The Hall–Kier alpha value is -1.84. The molecule has 0 radical (unpaired) electrons. The van der Waals surface area contributed by atoms with E-state index in [2.05, 4.69) is 6.07 Å². The zero-order valence-electron chi connectivity index (χ0n) is 12.7. The first-order valence-corrected chi connectivity index (χ1v) is 7.53. The Morgan fingerprint density at radius 3 is 2.76 bits per heavy atom. The molecular formula is C17H23NO3. The van der Waals surface area contributed by atoms with Crippen molar-refractivity contribution in [3.63, 3.8) is 0 Å². The fourth-order valence-corrected chi connectivity index (χ4v) is 3.02. The van der Waals surface area contributed by atoms with Gasteiger partial charge in [0.05, 0.1) is 5.92 Å². The number of carboxylic acid groups (broad SMARTS) is 1. The molecule has 1 aromatic carbocycles. The van der Waals surface area contributed by atoms with Crippen LogP contribution in [0.25, 0.3) is 0 Å². The summed E-state index contributed by atoms with van der Waals surface area (Å²) in [4.78, 5) is 25.2. The zero-order chi connectivity index (χ0) is 15.4. The van der Waals surface area contributed by atoms with E-state index in [1.165, 1.54) is 11.1 Å². The molecule has 21 heavy (non-hydrogen) atoms. The van der Waals surface area contributed by atoms with Gasteiger partial charge in [-0.1, -0.05) is 36.8 Å². The van der Waals surface area contributed by atoms with Crippen molar-refractivity contribution in [3.05, 3.63) is 35.4 Å². The Kier molecular flexibility index (Phi) is 4.99. The molecule has 1 heterocycles. The number of likely N-dealkylation sites (tertiary alicyclic amines) is 1. The number of carboxylic acids is 1. The number of aliphatic carboxylic acids is 1. The third kappa shape index (κ3) is 4.06. The number of rotatable bonds is 4. The van der Waals surface area contributed by atoms with Crippen LogP contribution in [0.2, 0.25) is 0 Å². The van der Waals surface area contributed by atoms with Crippen LogP contribution in [0.15, 0.2) is 24.3 Å². The summed E-state index contributed by atoms with van der Waals surface area (Å²) in [7, 11) is 0. The van der Waals surface area contributed by atoms with Gasteiger partial charge >= 0.3 is 5.97 Å². The van der Waals surface area contributed by atoms with Crippen molar-refractivity contribution in [1.82, 2.24) is 4.90 Å². The van der Waals surface area contributed by atoms with Crippen molar-refractivity contribution < 1.29 is 14.7 Å². The molecule has 0 bridgehead atoms. The summed E-state index contributed by atoms with van der Waals surface area (Å²) in [5, 5.41) is 9.11. The standard InChI is InChI=1S/C17H23NO3/c1-12-4-3-5-14(10-12)6-7-16(19)18-9-8-15(17(20)21)13(2)11-18/h3-5,10,13,15H,6-9,11H2,1-2H3,(H,20,21). The summed E-state index contributed by atoms with van der Waals surface area (Å²) in [6.45, 7) is 5.08. The number of aryl methyl sites for hydroxylation is 2. The van der Waals surface area contributed by atoms with E-state index in [1.807, 2.05) is 36.9 Å². The van der Waals surface area contributed by atoms with Gasteiger partial charge in [-0.3, -0.25) is 9.59 Å². The van der Waals surface area contributed by atoms with E-state index in [0.29, 0.717) is 25.9 Å². The minimum atomic E-state index is -0.741. The maximum Gasteiger partial charge on any atom is 0.306 e. The van der Waals surface area contributed by atoms with E-state index >= 15 is 0 Å². The summed E-state index contributed by atoms with van der Waals surface area (Å²) >= 11 is 0. The fraction of sp³-hybridized carbons (Fsp3) is 0.529. The van der Waals surface area contributed by atoms with Crippen LogP contribution in [0.1, 0.15) is 30.9 Å². The largest absolute Gasteiger partial charge is 0.481 e. The summed E-state index contributed by atoms with van der Waals surface area (Å²) < 4.78 is 0. The van der Waals surface area contributed by atoms with Gasteiger partial charge in [0.1, 0.15) is 0 Å². The highest BCUT2D eigenvalue weighted by molar-refractivity contribution is 5.77. The second-order valence-corrected chi connectivity index (χ2v) is 6.04. The lowest BCUT2D eigenvalue weighted by molar-refractivity contribution is -0.148. The number of benzene rings is 1. The first-order chi connectivity index (χ1) is 9.97. The second kappa shape index (κ2) is 6.74. The number of carbonyl (C=O) groups excluding carboxylic acids is 1. The highest BCUT2D eigenvalue weighted by Gasteiger charge is 2.32. The minimum absolute atomic E-state index is 0.0270. The molecule has 1 saturated heterocycles. The molecular weight excluding hydrogens is 266 g/mol. The van der Waals surface area contributed by atoms with Gasteiger partial charge in [-0.15, -0.1) is 0 Å². The molecule has 1 aromatic rings. The lowest BCUT2D eigenvalue weighted by Crippen LogP contribution is -2.45. The first-order valence-electron chi connectivity index (χ1n) is 7.53. The molecule has 2 unspecified atom stereocenters. The van der Waals surface area contributed by atoms with Crippen LogP contribution < -0.4 is 0 Å². The Labute approximate surface area is 125 Å². The van der Waals surface area contributed by atoms with Gasteiger partial charge in [0.15, 0.2) is 0 Å². The molecule has 1 amide bonds. The fourth-order valence-electron chi connectivity index (χ4n) is 3.02. The molecule has 0 spiro atoms. The van der Waals surface area contributed by atoms with Crippen LogP contribution in [-0.2, 0) is 16.0 Å². The molecule has 2 rings (SSSR count). The number of piperidine rings is 1. The first kappa shape index (κ1) is 15.5. The third-order valence-corrected chi connectivity index (χ3v) is 4.29. The Balaban J connectivity index is 1.86. The monoisotopic (exact) mass is 289 g/mol. The molecule has 0 aliphatic carbocycles. The molecule has 0 aromatic heterocycles. The zero-order valence-corrected chi connectivity index (χ0v) is 12.7. The summed E-state index contributed by atoms with van der Waals surface area (Å²) in [6, 6.07) is 8.20. The number of nitrogens with zero attached hydrogens (tertiary/aromatic N) is 1. The topological polar surface area (TPSA) is 57.6 Å². The quantitative estimate of drug-likeness (QED) is 0.926. The van der Waals surface area contributed by atoms with Crippen LogP contribution >= 0.6 is 0 Å². The van der Waals surface area contributed by atoms with E-state index in [0.717, 1.165) is 6.42 Å². The van der Waals surface area contributed by atoms with E-state index < -0.39 is 5.97 Å². The number of amides is 1. The number of hydrogen-bond acceptors (Lipinski definition) is 2. The second-order valence-electron chi connectivity index (χ2n) is 6.04. The SMILES string of the molecule is Cc1cccc(CCC(=O)N2CCC(C(=O)O)C(C)C2)c1. The summed E-state index contributed by atoms with van der Waals surface area (Å²) in [5.74, 6) is -0.897. The van der Waals surface area contributed by atoms with Gasteiger partial charge in [0, 0.05) is 19.5 Å². The summed E-state index contributed by atoms with van der Waals surface area (Å²) in [5.41, 5.74) is 2.38. The molecule has 1 aliphatic heterocycles. The van der Waals surface area contributed by atoms with Crippen LogP contribution in [0.4, 0.5) is 0 Å². The number of hydrogen-bond donors (Lipinski definition) is 1. The van der Waals surface area contributed by atoms with E-state index in [9.17, 15) is 9.59 Å². The molecule has 4 heteroatoms. The lowest BCUT2D eigenvalue weighted by atomic mass is 9.87. The van der Waals surface area contributed by atoms with E-state index in [-0.39, 0.29) is 17.7 Å². The predicted octanol–water partition coefficient (Wildman–Crippen LogP) is 2.50. The summed E-state index contributed by atoms with van der Waals surface area (Å²) in [6.07, 6.45) is 1.80. The highest BCUT2D eigenvalue weighted by atomic mass is 16.4. The van der Waals surface area contributed by atoms with Crippen molar-refractivity contribution in [3.8, 4) is 0 Å². The average Bonchev–Trinajstić information content (AvgIpc) is 2.44. The Morgan fingerprint density at radius 2 is 2.14 bits per heavy atom. The normalized spacial score (nSPS) is 22.1. The maximum atomic E-state index is 12.3. The third-order valence-electron chi connectivity index (χ3n) is 4.29. The van der Waals surface area contributed by atoms with Gasteiger partial charge in [0.25, 0.3) is 0 Å². The van der Waals surface area contributed by atoms with Crippen molar-refractivity contribution in [2.24, 2.45) is 11.8 Å². The molecule has 1 aliphatic rings. The Bertz CT molecular complexity index is 527. The van der Waals surface area contributed by atoms with E-state index in [1.54, 1.807) is 0 Å². The van der Waals surface area contributed by atoms with Gasteiger partial charge in [-0.2, -0.15) is 0 Å². The molecule has 2 atom stereocenters. The van der Waals surface area contributed by atoms with Gasteiger partial charge < -0.3 is 10.0 Å². The number of carbonyl (C=O) groups is 2. The van der Waals surface area contributed by atoms with E-state index in [4.69, 9.17) is 5.11 Å². The van der Waals surface area contributed by atoms with Crippen molar-refractivity contribution in [1.29, 1.82) is 0 Å². The molecule has 0 saturated carbocycles.